The highest BCUT2D eigenvalue weighted by Gasteiger charge is 2.19. The van der Waals surface area contributed by atoms with E-state index in [1.165, 1.54) is 283 Å². The van der Waals surface area contributed by atoms with Gasteiger partial charge in [0.25, 0.3) is 0 Å². The first-order valence-corrected chi connectivity index (χ1v) is 36.1. The highest BCUT2D eigenvalue weighted by atomic mass is 16.6. The Morgan fingerprint density at radius 1 is 0.259 bits per heavy atom. The van der Waals surface area contributed by atoms with Crippen LogP contribution in [0.2, 0.25) is 0 Å². The molecule has 0 rings (SSSR count). The van der Waals surface area contributed by atoms with E-state index >= 15 is 0 Å². The van der Waals surface area contributed by atoms with Crippen molar-refractivity contribution >= 4 is 17.9 Å². The number of unbranched alkanes of at least 4 members (excludes halogenated alkanes) is 48. The van der Waals surface area contributed by atoms with Crippen LogP contribution in [0.5, 0.6) is 0 Å². The molecule has 0 aromatic rings. The van der Waals surface area contributed by atoms with Crippen molar-refractivity contribution in [2.75, 3.05) is 13.2 Å². The molecule has 81 heavy (non-hydrogen) atoms. The van der Waals surface area contributed by atoms with E-state index in [2.05, 4.69) is 63.3 Å². The van der Waals surface area contributed by atoms with E-state index < -0.39 is 6.10 Å². The quantitative estimate of drug-likeness (QED) is 0.0261. The van der Waals surface area contributed by atoms with Gasteiger partial charge >= 0.3 is 17.9 Å². The summed E-state index contributed by atoms with van der Waals surface area (Å²) >= 11 is 0. The van der Waals surface area contributed by atoms with Gasteiger partial charge in [-0.15, -0.1) is 0 Å². The van der Waals surface area contributed by atoms with E-state index in [-0.39, 0.29) is 37.5 Å². The van der Waals surface area contributed by atoms with Gasteiger partial charge in [-0.3, -0.25) is 14.4 Å². The van der Waals surface area contributed by atoms with E-state index in [4.69, 9.17) is 14.2 Å². The molecule has 0 aliphatic carbocycles. The van der Waals surface area contributed by atoms with Crippen LogP contribution in [0, 0.1) is 0 Å². The van der Waals surface area contributed by atoms with E-state index in [1.807, 2.05) is 6.08 Å². The number of hydrogen-bond acceptors (Lipinski definition) is 6. The first-order chi connectivity index (χ1) is 40.0. The second-order valence-electron chi connectivity index (χ2n) is 24.5. The predicted molar refractivity (Wildman–Crippen MR) is 353 cm³/mol. The van der Waals surface area contributed by atoms with Crippen LogP contribution in [-0.4, -0.2) is 37.2 Å². The molecule has 0 N–H and O–H groups in total. The molecular weight excluding hydrogens is 997 g/mol. The maximum Gasteiger partial charge on any atom is 0.306 e. The predicted octanol–water partition coefficient (Wildman–Crippen LogP) is 24.9. The Labute approximate surface area is 505 Å². The van der Waals surface area contributed by atoms with Gasteiger partial charge in [0.2, 0.25) is 0 Å². The zero-order valence-corrected chi connectivity index (χ0v) is 54.6. The summed E-state index contributed by atoms with van der Waals surface area (Å²) in [5.41, 5.74) is 0. The average Bonchev–Trinajstić information content (AvgIpc) is 3.46. The molecule has 6 nitrogen and oxygen atoms in total. The molecule has 1 unspecified atom stereocenters. The summed E-state index contributed by atoms with van der Waals surface area (Å²) in [6.45, 7) is 6.54. The molecule has 0 aromatic carbocycles. The van der Waals surface area contributed by atoms with Gasteiger partial charge in [-0.2, -0.15) is 0 Å². The topological polar surface area (TPSA) is 78.9 Å². The van der Waals surface area contributed by atoms with Crippen molar-refractivity contribution in [2.24, 2.45) is 0 Å². The summed E-state index contributed by atoms with van der Waals surface area (Å²) in [6, 6.07) is 0. The first kappa shape index (κ1) is 78.4. The molecule has 0 bridgehead atoms. The van der Waals surface area contributed by atoms with Gasteiger partial charge < -0.3 is 14.2 Å². The van der Waals surface area contributed by atoms with E-state index in [9.17, 15) is 14.4 Å². The van der Waals surface area contributed by atoms with Crippen LogP contribution >= 0.6 is 0 Å². The Kier molecular flexibility index (Phi) is 67.6. The van der Waals surface area contributed by atoms with Crippen molar-refractivity contribution in [3.8, 4) is 0 Å². The molecule has 474 valence electrons. The van der Waals surface area contributed by atoms with Crippen LogP contribution in [0.25, 0.3) is 0 Å². The van der Waals surface area contributed by atoms with E-state index in [1.54, 1.807) is 0 Å². The van der Waals surface area contributed by atoms with Crippen molar-refractivity contribution in [1.82, 2.24) is 0 Å². The third kappa shape index (κ3) is 68.0. The molecular formula is C75H138O6. The lowest BCUT2D eigenvalue weighted by molar-refractivity contribution is -0.166. The Balaban J connectivity index is 4.21. The summed E-state index contributed by atoms with van der Waals surface area (Å²) in [5, 5.41) is 0. The van der Waals surface area contributed by atoms with Crippen molar-refractivity contribution in [3.63, 3.8) is 0 Å². The van der Waals surface area contributed by atoms with Crippen molar-refractivity contribution in [3.05, 3.63) is 48.6 Å². The summed E-state index contributed by atoms with van der Waals surface area (Å²) in [4.78, 5) is 38.4. The van der Waals surface area contributed by atoms with Crippen molar-refractivity contribution < 1.29 is 28.6 Å². The van der Waals surface area contributed by atoms with Gasteiger partial charge in [-0.1, -0.05) is 378 Å². The van der Waals surface area contributed by atoms with Crippen molar-refractivity contribution in [1.29, 1.82) is 0 Å². The van der Waals surface area contributed by atoms with Crippen LogP contribution in [-0.2, 0) is 28.6 Å². The first-order valence-electron chi connectivity index (χ1n) is 36.1. The lowest BCUT2D eigenvalue weighted by Crippen LogP contribution is -2.30. The average molecular weight is 1140 g/mol. The highest BCUT2D eigenvalue weighted by Crippen LogP contribution is 2.19. The Morgan fingerprint density at radius 2 is 0.481 bits per heavy atom. The second-order valence-corrected chi connectivity index (χ2v) is 24.5. The zero-order chi connectivity index (χ0) is 58.5. The normalized spacial score (nSPS) is 12.3. The minimum Gasteiger partial charge on any atom is -0.462 e. The number of esters is 3. The van der Waals surface area contributed by atoms with Crippen LogP contribution in [0.3, 0.4) is 0 Å². The van der Waals surface area contributed by atoms with E-state index in [0.717, 1.165) is 64.2 Å². The number of ether oxygens (including phenoxy) is 3. The smallest absolute Gasteiger partial charge is 0.306 e. The summed E-state index contributed by atoms with van der Waals surface area (Å²) < 4.78 is 16.9. The Bertz CT molecular complexity index is 1400. The molecule has 0 aromatic heterocycles. The number of carbonyl (C=O) groups excluding carboxylic acids is 3. The largest absolute Gasteiger partial charge is 0.462 e. The fourth-order valence-electron chi connectivity index (χ4n) is 11.0. The van der Waals surface area contributed by atoms with Gasteiger partial charge in [-0.05, 0) is 44.9 Å². The third-order valence-electron chi connectivity index (χ3n) is 16.4. The SMILES string of the molecule is CC/C=C\C/C=C\C/C=C\C/C=C\CCC(=O)OCC(COC(=O)CCCCCCCCCCCCCCCCCCCCCCCCCCCCCC)OC(=O)CCCCCCCCCCCCCCCCCCCCCCCC. The fourth-order valence-corrected chi connectivity index (χ4v) is 11.0. The van der Waals surface area contributed by atoms with Crippen LogP contribution in [0.4, 0.5) is 0 Å². The summed E-state index contributed by atoms with van der Waals surface area (Å²) in [7, 11) is 0. The van der Waals surface area contributed by atoms with Gasteiger partial charge in [0, 0.05) is 19.3 Å². The molecule has 0 saturated heterocycles. The van der Waals surface area contributed by atoms with Gasteiger partial charge in [0.1, 0.15) is 13.2 Å². The number of hydrogen-bond donors (Lipinski definition) is 0. The lowest BCUT2D eigenvalue weighted by Gasteiger charge is -2.18. The van der Waals surface area contributed by atoms with Gasteiger partial charge in [0.05, 0.1) is 0 Å². The number of allylic oxidation sites excluding steroid dienone is 8. The fraction of sp³-hybridized carbons (Fsp3) is 0.853. The van der Waals surface area contributed by atoms with Gasteiger partial charge in [-0.25, -0.2) is 0 Å². The molecule has 0 heterocycles. The molecule has 0 aliphatic heterocycles. The minimum absolute atomic E-state index is 0.0897. The summed E-state index contributed by atoms with van der Waals surface area (Å²) in [5.74, 6) is -0.947. The van der Waals surface area contributed by atoms with Crippen LogP contribution in [0.15, 0.2) is 48.6 Å². The molecule has 6 heteroatoms. The maximum absolute atomic E-state index is 12.9. The number of rotatable bonds is 67. The number of carbonyl (C=O) groups is 3. The van der Waals surface area contributed by atoms with Crippen molar-refractivity contribution in [2.45, 2.75) is 399 Å². The highest BCUT2D eigenvalue weighted by molar-refractivity contribution is 5.71. The van der Waals surface area contributed by atoms with E-state index in [0.29, 0.717) is 19.3 Å². The lowest BCUT2D eigenvalue weighted by atomic mass is 10.0. The molecule has 0 spiro atoms. The second kappa shape index (κ2) is 69.9. The monoisotopic (exact) mass is 1140 g/mol. The zero-order valence-electron chi connectivity index (χ0n) is 54.6. The van der Waals surface area contributed by atoms with Gasteiger partial charge in [0.15, 0.2) is 6.10 Å². The molecule has 0 aliphatic rings. The molecule has 0 amide bonds. The summed E-state index contributed by atoms with van der Waals surface area (Å²) in [6.07, 6.45) is 89.0. The molecule has 1 atom stereocenters. The molecule has 0 saturated carbocycles. The molecule has 0 radical (unpaired) electrons. The maximum atomic E-state index is 12.9. The van der Waals surface area contributed by atoms with Crippen LogP contribution in [0.1, 0.15) is 393 Å². The Hall–Kier alpha value is -2.63. The molecule has 0 fully saturated rings. The minimum atomic E-state index is -0.800. The Morgan fingerprint density at radius 3 is 0.753 bits per heavy atom. The third-order valence-corrected chi connectivity index (χ3v) is 16.4. The standard InChI is InChI=1S/C75H138O6/c1-4-7-10-13-16-19-22-25-27-29-31-33-35-36-37-38-39-40-42-43-45-47-50-53-56-59-62-65-68-74(77)80-71-72(70-79-73(76)67-64-61-58-55-52-49-24-21-18-15-12-9-6-3)81-75(78)69-66-63-60-57-54-51-48-46-44-41-34-32-30-28-26-23-20-17-14-11-8-5-2/h9,12,18,21,49,52,58,61,72H,4-8,10-11,13-17,19-20,22-48,50-51,53-57,59-60,62-71H2,1-3H3/b12-9-,21-18-,52-49-,61-58-. The van der Waals surface area contributed by atoms with Crippen LogP contribution < -0.4 is 0 Å².